The van der Waals surface area contributed by atoms with Gasteiger partial charge >= 0.3 is 0 Å². The molecule has 2 heterocycles. The van der Waals surface area contributed by atoms with Gasteiger partial charge in [0.1, 0.15) is 5.52 Å². The average Bonchev–Trinajstić information content (AvgIpc) is 3.35. The molecule has 2 fully saturated rings. The molecule has 0 radical (unpaired) electrons. The van der Waals surface area contributed by atoms with Gasteiger partial charge in [-0.25, -0.2) is 9.71 Å². The summed E-state index contributed by atoms with van der Waals surface area (Å²) in [5.41, 5.74) is 1.65. The van der Waals surface area contributed by atoms with Crippen LogP contribution in [0.3, 0.4) is 0 Å². The van der Waals surface area contributed by atoms with Crippen LogP contribution in [0, 0.1) is 11.3 Å². The summed E-state index contributed by atoms with van der Waals surface area (Å²) < 4.78 is 37.5. The maximum absolute atomic E-state index is 12.5. The van der Waals surface area contributed by atoms with E-state index in [0.29, 0.717) is 5.02 Å². The fraction of sp³-hybridized carbons (Fsp3) is 0.435. The third kappa shape index (κ3) is 4.20. The van der Waals surface area contributed by atoms with Gasteiger partial charge < -0.3 is 14.2 Å². The van der Waals surface area contributed by atoms with E-state index in [9.17, 15) is 18.0 Å². The summed E-state index contributed by atoms with van der Waals surface area (Å²) >= 11 is 6.02. The Morgan fingerprint density at radius 2 is 1.85 bits per heavy atom. The van der Waals surface area contributed by atoms with Gasteiger partial charge in [0, 0.05) is 22.9 Å². The van der Waals surface area contributed by atoms with Crippen LogP contribution in [-0.4, -0.2) is 31.3 Å². The number of hydrogen-bond donors (Lipinski definition) is 2. The summed E-state index contributed by atoms with van der Waals surface area (Å²) in [5.74, 6) is -0.780. The number of oxazole rings is 1. The molecule has 34 heavy (non-hydrogen) atoms. The Hall–Kier alpha value is -2.85. The molecule has 2 aliphatic carbocycles. The average molecular weight is 506 g/mol. The molecule has 11 heteroatoms. The standard InChI is InChI=1S/C23H24ClN3O6S/c1-12(2)20(28)27-34(30,31)19-6-5-18(32-19)21(29)25-15-10-23(11-15)8-13(9-23)22-26-16-7-14(24)3-4-17(16)33-22/h3-7,12-13,15H,8-11H2,1-2H3,(H,25,29)(H,27,28). The third-order valence-electron chi connectivity index (χ3n) is 6.60. The fourth-order valence-electron chi connectivity index (χ4n) is 4.82. The van der Waals surface area contributed by atoms with E-state index < -0.39 is 32.8 Å². The number of carbonyl (C=O) groups excluding carboxylic acids is 2. The molecule has 5 rings (SSSR count). The van der Waals surface area contributed by atoms with E-state index in [0.717, 1.165) is 48.7 Å². The van der Waals surface area contributed by atoms with E-state index in [-0.39, 0.29) is 23.1 Å². The largest absolute Gasteiger partial charge is 0.440 e. The van der Waals surface area contributed by atoms with Gasteiger partial charge in [0.05, 0.1) is 0 Å². The van der Waals surface area contributed by atoms with Crippen molar-refractivity contribution in [2.45, 2.75) is 56.6 Å². The van der Waals surface area contributed by atoms with Crippen LogP contribution >= 0.6 is 11.6 Å². The Balaban J connectivity index is 1.14. The molecule has 2 amide bonds. The number of nitrogens with zero attached hydrogens (tertiary/aromatic N) is 1. The molecule has 0 atom stereocenters. The van der Waals surface area contributed by atoms with E-state index in [4.69, 9.17) is 20.4 Å². The molecule has 2 aromatic heterocycles. The highest BCUT2D eigenvalue weighted by Gasteiger charge is 2.54. The molecule has 2 saturated carbocycles. The molecule has 1 aromatic carbocycles. The first-order chi connectivity index (χ1) is 16.0. The van der Waals surface area contributed by atoms with Gasteiger partial charge in [0.15, 0.2) is 17.2 Å². The predicted octanol–water partition coefficient (Wildman–Crippen LogP) is 3.99. The Bertz CT molecular complexity index is 1380. The van der Waals surface area contributed by atoms with Crippen molar-refractivity contribution in [2.24, 2.45) is 11.3 Å². The van der Waals surface area contributed by atoms with Gasteiger partial charge in [0.2, 0.25) is 11.0 Å². The van der Waals surface area contributed by atoms with E-state index in [1.165, 1.54) is 6.07 Å². The van der Waals surface area contributed by atoms with Crippen molar-refractivity contribution in [1.29, 1.82) is 0 Å². The second kappa shape index (κ2) is 8.13. The number of furan rings is 1. The number of carbonyl (C=O) groups is 2. The summed E-state index contributed by atoms with van der Waals surface area (Å²) in [4.78, 5) is 28.8. The molecule has 2 N–H and O–H groups in total. The topological polar surface area (TPSA) is 132 Å². The Morgan fingerprint density at radius 1 is 1.12 bits per heavy atom. The van der Waals surface area contributed by atoms with Crippen LogP contribution in [0.15, 0.2) is 44.3 Å². The fourth-order valence-corrected chi connectivity index (χ4v) is 6.03. The SMILES string of the molecule is CC(C)C(=O)NS(=O)(=O)c1ccc(C(=O)NC2CC3(C2)CC(c2nc4cc(Cl)ccc4o2)C3)o1. The summed E-state index contributed by atoms with van der Waals surface area (Å²) in [5, 5.41) is 3.04. The highest BCUT2D eigenvalue weighted by Crippen LogP contribution is 2.61. The third-order valence-corrected chi connectivity index (χ3v) is 8.05. The van der Waals surface area contributed by atoms with Crippen LogP contribution in [0.4, 0.5) is 0 Å². The zero-order valence-electron chi connectivity index (χ0n) is 18.6. The number of benzene rings is 1. The van der Waals surface area contributed by atoms with E-state index >= 15 is 0 Å². The minimum atomic E-state index is -4.16. The quantitative estimate of drug-likeness (QED) is 0.517. The number of nitrogens with one attached hydrogen (secondary N) is 2. The lowest BCUT2D eigenvalue weighted by Crippen LogP contribution is -2.55. The molecular weight excluding hydrogens is 482 g/mol. The summed E-state index contributed by atoms with van der Waals surface area (Å²) in [6.07, 6.45) is 3.55. The first-order valence-corrected chi connectivity index (χ1v) is 12.9. The Labute approximate surface area is 201 Å². The van der Waals surface area contributed by atoms with Crippen molar-refractivity contribution < 1.29 is 26.8 Å². The molecule has 180 valence electrons. The molecule has 9 nitrogen and oxygen atoms in total. The molecule has 2 aliphatic rings. The van der Waals surface area contributed by atoms with E-state index in [1.807, 2.05) is 10.8 Å². The van der Waals surface area contributed by atoms with Crippen LogP contribution in [0.2, 0.25) is 5.02 Å². The van der Waals surface area contributed by atoms with Gasteiger partial charge in [0.25, 0.3) is 15.9 Å². The summed E-state index contributed by atoms with van der Waals surface area (Å²) in [6, 6.07) is 7.83. The lowest BCUT2D eigenvalue weighted by Gasteiger charge is -2.57. The first kappa shape index (κ1) is 22.9. The smallest absolute Gasteiger partial charge is 0.297 e. The molecule has 1 spiro atoms. The lowest BCUT2D eigenvalue weighted by atomic mass is 9.50. The maximum atomic E-state index is 12.5. The van der Waals surface area contributed by atoms with Gasteiger partial charge in [-0.15, -0.1) is 0 Å². The highest BCUT2D eigenvalue weighted by molar-refractivity contribution is 7.89. The lowest BCUT2D eigenvalue weighted by molar-refractivity contribution is -0.122. The van der Waals surface area contributed by atoms with Crippen LogP contribution in [0.25, 0.3) is 11.1 Å². The minimum absolute atomic E-state index is 0.0123. The van der Waals surface area contributed by atoms with Crippen molar-refractivity contribution >= 4 is 44.5 Å². The molecule has 0 unspecified atom stereocenters. The zero-order valence-corrected chi connectivity index (χ0v) is 20.2. The summed E-state index contributed by atoms with van der Waals surface area (Å²) in [7, 11) is -4.16. The van der Waals surface area contributed by atoms with Gasteiger partial charge in [-0.1, -0.05) is 25.4 Å². The zero-order chi connectivity index (χ0) is 24.3. The maximum Gasteiger partial charge on any atom is 0.297 e. The number of fused-ring (bicyclic) bond motifs is 1. The van der Waals surface area contributed by atoms with Crippen LogP contribution in [0.1, 0.15) is 61.9 Å². The number of hydrogen-bond acceptors (Lipinski definition) is 7. The minimum Gasteiger partial charge on any atom is -0.440 e. The Kier molecular flexibility index (Phi) is 5.48. The normalized spacial score (nSPS) is 24.1. The summed E-state index contributed by atoms with van der Waals surface area (Å²) in [6.45, 7) is 3.15. The van der Waals surface area contributed by atoms with Crippen LogP contribution < -0.4 is 10.0 Å². The van der Waals surface area contributed by atoms with Gasteiger partial charge in [-0.05, 0) is 61.4 Å². The van der Waals surface area contributed by atoms with Crippen LogP contribution in [-0.2, 0) is 14.8 Å². The Morgan fingerprint density at radius 3 is 2.56 bits per heavy atom. The monoisotopic (exact) mass is 505 g/mol. The first-order valence-electron chi connectivity index (χ1n) is 11.1. The molecule has 0 saturated heterocycles. The number of halogens is 1. The molecule has 0 aliphatic heterocycles. The number of amides is 2. The van der Waals surface area contributed by atoms with Crippen molar-refractivity contribution in [2.75, 3.05) is 0 Å². The molecule has 3 aromatic rings. The number of aromatic nitrogens is 1. The number of rotatable bonds is 6. The van der Waals surface area contributed by atoms with Crippen molar-refractivity contribution in [3.05, 3.63) is 47.0 Å². The second-order valence-electron chi connectivity index (χ2n) is 9.59. The predicted molar refractivity (Wildman–Crippen MR) is 123 cm³/mol. The van der Waals surface area contributed by atoms with Gasteiger partial charge in [-0.2, -0.15) is 8.42 Å². The van der Waals surface area contributed by atoms with Gasteiger partial charge in [-0.3, -0.25) is 9.59 Å². The van der Waals surface area contributed by atoms with E-state index in [2.05, 4.69) is 10.3 Å². The van der Waals surface area contributed by atoms with Crippen LogP contribution in [0.5, 0.6) is 0 Å². The number of sulfonamides is 1. The van der Waals surface area contributed by atoms with Crippen molar-refractivity contribution in [3.8, 4) is 0 Å². The van der Waals surface area contributed by atoms with Crippen molar-refractivity contribution in [3.63, 3.8) is 0 Å². The highest BCUT2D eigenvalue weighted by atomic mass is 35.5. The molecule has 0 bridgehead atoms. The van der Waals surface area contributed by atoms with E-state index in [1.54, 1.807) is 26.0 Å². The second-order valence-corrected chi connectivity index (χ2v) is 11.6. The van der Waals surface area contributed by atoms with Crippen molar-refractivity contribution in [1.82, 2.24) is 15.0 Å². The molecular formula is C23H24ClN3O6S.